The van der Waals surface area contributed by atoms with Crippen LogP contribution in [0.15, 0.2) is 22.8 Å². The minimum Gasteiger partial charge on any atom is -0.464 e. The van der Waals surface area contributed by atoms with E-state index in [4.69, 9.17) is 9.15 Å². The average Bonchev–Trinajstić information content (AvgIpc) is 3.32. The van der Waals surface area contributed by atoms with Gasteiger partial charge in [-0.25, -0.2) is 0 Å². The molecule has 1 fully saturated rings. The minimum absolute atomic E-state index is 0.0982. The molecule has 5 nitrogen and oxygen atoms in total. The molecule has 0 radical (unpaired) electrons. The molecule has 1 heterocycles. The van der Waals surface area contributed by atoms with Crippen LogP contribution in [0.2, 0.25) is 0 Å². The van der Waals surface area contributed by atoms with Crippen LogP contribution in [-0.4, -0.2) is 24.5 Å². The molecule has 128 valence electrons. The smallest absolute Gasteiger partial charge is 0.310 e. The number of benzene rings is 1. The fourth-order valence-corrected chi connectivity index (χ4v) is 2.89. The highest BCUT2D eigenvalue weighted by Gasteiger charge is 2.29. The van der Waals surface area contributed by atoms with Crippen molar-refractivity contribution in [3.8, 4) is 0 Å². The van der Waals surface area contributed by atoms with Crippen molar-refractivity contribution < 1.29 is 18.7 Å². The maximum atomic E-state index is 12.0. The van der Waals surface area contributed by atoms with Crippen molar-refractivity contribution in [3.63, 3.8) is 0 Å². The third-order valence-electron chi connectivity index (χ3n) is 4.76. The first-order valence-electron chi connectivity index (χ1n) is 8.37. The van der Waals surface area contributed by atoms with Crippen LogP contribution in [0.5, 0.6) is 0 Å². The van der Waals surface area contributed by atoms with E-state index in [-0.39, 0.29) is 25.0 Å². The number of aryl methyl sites for hydroxylation is 2. The summed E-state index contributed by atoms with van der Waals surface area (Å²) in [5.41, 5.74) is 3.80. The van der Waals surface area contributed by atoms with E-state index >= 15 is 0 Å². The summed E-state index contributed by atoms with van der Waals surface area (Å²) in [6.07, 6.45) is 4.01. The predicted octanol–water partition coefficient (Wildman–Crippen LogP) is 3.05. The average molecular weight is 329 g/mol. The van der Waals surface area contributed by atoms with E-state index in [0.29, 0.717) is 5.92 Å². The lowest BCUT2D eigenvalue weighted by atomic mass is 10.0. The van der Waals surface area contributed by atoms with Crippen molar-refractivity contribution in [1.82, 2.24) is 5.32 Å². The molecule has 0 unspecified atom stereocenters. The van der Waals surface area contributed by atoms with Gasteiger partial charge in [-0.05, 0) is 50.7 Å². The highest BCUT2D eigenvalue weighted by atomic mass is 16.5. The number of furan rings is 1. The second kappa shape index (κ2) is 6.67. The Morgan fingerprint density at radius 1 is 1.33 bits per heavy atom. The van der Waals surface area contributed by atoms with Crippen LogP contribution in [-0.2, 0) is 20.7 Å². The Labute approximate surface area is 141 Å². The molecular weight excluding hydrogens is 306 g/mol. The molecule has 2 aromatic rings. The van der Waals surface area contributed by atoms with Crippen LogP contribution >= 0.6 is 0 Å². The van der Waals surface area contributed by atoms with Gasteiger partial charge in [0.1, 0.15) is 5.58 Å². The van der Waals surface area contributed by atoms with Gasteiger partial charge >= 0.3 is 5.97 Å². The highest BCUT2D eigenvalue weighted by Crippen LogP contribution is 2.32. The Morgan fingerprint density at radius 3 is 2.79 bits per heavy atom. The quantitative estimate of drug-likeness (QED) is 0.827. The van der Waals surface area contributed by atoms with E-state index in [1.807, 2.05) is 32.9 Å². The monoisotopic (exact) mass is 329 g/mol. The molecule has 1 atom stereocenters. The van der Waals surface area contributed by atoms with Gasteiger partial charge < -0.3 is 14.5 Å². The Morgan fingerprint density at radius 2 is 2.08 bits per heavy atom. The molecule has 1 saturated carbocycles. The molecule has 0 aliphatic heterocycles. The third-order valence-corrected chi connectivity index (χ3v) is 4.76. The topological polar surface area (TPSA) is 68.5 Å². The number of hydrogen-bond donors (Lipinski definition) is 1. The van der Waals surface area contributed by atoms with E-state index in [0.717, 1.165) is 40.5 Å². The van der Waals surface area contributed by atoms with E-state index in [1.54, 1.807) is 6.26 Å². The van der Waals surface area contributed by atoms with E-state index in [1.165, 1.54) is 0 Å². The zero-order valence-corrected chi connectivity index (χ0v) is 14.3. The van der Waals surface area contributed by atoms with Crippen molar-refractivity contribution in [2.45, 2.75) is 46.1 Å². The number of hydrogen-bond acceptors (Lipinski definition) is 4. The number of rotatable bonds is 6. The molecule has 0 spiro atoms. The molecule has 1 aromatic heterocycles. The number of amides is 1. The van der Waals surface area contributed by atoms with Crippen molar-refractivity contribution in [2.75, 3.05) is 6.61 Å². The lowest BCUT2D eigenvalue weighted by molar-refractivity contribution is -0.148. The van der Waals surface area contributed by atoms with Crippen LogP contribution in [0, 0.1) is 19.8 Å². The summed E-state index contributed by atoms with van der Waals surface area (Å²) in [5.74, 6) is -0.0925. The standard InChI is InChI=1S/C19H23NO4/c1-11-4-7-16-15(9-24-19(16)12(11)2)8-18(22)23-10-17(21)20-13(3)14-5-6-14/h4,7,9,13-14H,5-6,8,10H2,1-3H3,(H,20,21)/t13-/m0/s1. The second-order valence-electron chi connectivity index (χ2n) is 6.68. The molecule has 1 aliphatic carbocycles. The molecule has 1 aromatic carbocycles. The molecule has 24 heavy (non-hydrogen) atoms. The number of carbonyl (C=O) groups is 2. The second-order valence-corrected chi connectivity index (χ2v) is 6.68. The lowest BCUT2D eigenvalue weighted by Crippen LogP contribution is -2.37. The van der Waals surface area contributed by atoms with Crippen molar-refractivity contribution >= 4 is 22.8 Å². The fourth-order valence-electron chi connectivity index (χ4n) is 2.89. The zero-order chi connectivity index (χ0) is 17.3. The van der Waals surface area contributed by atoms with Gasteiger partial charge in [0.2, 0.25) is 0 Å². The molecule has 0 bridgehead atoms. The van der Waals surface area contributed by atoms with Crippen LogP contribution < -0.4 is 5.32 Å². The van der Waals surface area contributed by atoms with E-state index < -0.39 is 5.97 Å². The lowest BCUT2D eigenvalue weighted by Gasteiger charge is -2.12. The van der Waals surface area contributed by atoms with Gasteiger partial charge in [0.25, 0.3) is 5.91 Å². The summed E-state index contributed by atoms with van der Waals surface area (Å²) in [6.45, 7) is 5.77. The Hall–Kier alpha value is -2.30. The normalized spacial score (nSPS) is 15.3. The number of carbonyl (C=O) groups excluding carboxylic acids is 2. The van der Waals surface area contributed by atoms with Crippen LogP contribution in [0.3, 0.4) is 0 Å². The predicted molar refractivity (Wildman–Crippen MR) is 90.7 cm³/mol. The fraction of sp³-hybridized carbons (Fsp3) is 0.474. The highest BCUT2D eigenvalue weighted by molar-refractivity contribution is 5.89. The summed E-state index contributed by atoms with van der Waals surface area (Å²) in [5, 5.41) is 3.78. The zero-order valence-electron chi connectivity index (χ0n) is 14.3. The Balaban J connectivity index is 1.55. The van der Waals surface area contributed by atoms with Crippen molar-refractivity contribution in [1.29, 1.82) is 0 Å². The van der Waals surface area contributed by atoms with Crippen LogP contribution in [0.4, 0.5) is 0 Å². The van der Waals surface area contributed by atoms with E-state index in [9.17, 15) is 9.59 Å². The van der Waals surface area contributed by atoms with E-state index in [2.05, 4.69) is 5.32 Å². The minimum atomic E-state index is -0.426. The van der Waals surface area contributed by atoms with Gasteiger partial charge in [-0.2, -0.15) is 0 Å². The molecule has 0 saturated heterocycles. The van der Waals surface area contributed by atoms with Crippen LogP contribution in [0.25, 0.3) is 11.0 Å². The molecule has 1 aliphatic rings. The number of nitrogens with one attached hydrogen (secondary N) is 1. The van der Waals surface area contributed by atoms with Gasteiger partial charge in [0.05, 0.1) is 12.7 Å². The number of ether oxygens (including phenoxy) is 1. The first-order valence-corrected chi connectivity index (χ1v) is 8.37. The SMILES string of the molecule is Cc1ccc2c(CC(=O)OCC(=O)N[C@@H](C)C3CC3)coc2c1C. The maximum Gasteiger partial charge on any atom is 0.310 e. The number of esters is 1. The van der Waals surface area contributed by atoms with Gasteiger partial charge in [-0.3, -0.25) is 9.59 Å². The van der Waals surface area contributed by atoms with Crippen molar-refractivity contribution in [2.24, 2.45) is 5.92 Å². The van der Waals surface area contributed by atoms with Gasteiger partial charge in [-0.15, -0.1) is 0 Å². The largest absolute Gasteiger partial charge is 0.464 e. The summed E-state index contributed by atoms with van der Waals surface area (Å²) in [4.78, 5) is 23.8. The van der Waals surface area contributed by atoms with Gasteiger partial charge in [-0.1, -0.05) is 12.1 Å². The summed E-state index contributed by atoms with van der Waals surface area (Å²) in [7, 11) is 0. The molecule has 3 rings (SSSR count). The third kappa shape index (κ3) is 3.61. The van der Waals surface area contributed by atoms with Gasteiger partial charge in [0.15, 0.2) is 6.61 Å². The summed E-state index contributed by atoms with van der Waals surface area (Å²) < 4.78 is 10.7. The first kappa shape index (κ1) is 16.6. The molecule has 1 amide bonds. The van der Waals surface area contributed by atoms with Gasteiger partial charge in [0, 0.05) is 17.0 Å². The molecular formula is C19H23NO4. The summed E-state index contributed by atoms with van der Waals surface area (Å²) >= 11 is 0. The Bertz CT molecular complexity index is 773. The number of fused-ring (bicyclic) bond motifs is 1. The molecule has 5 heteroatoms. The molecule has 1 N–H and O–H groups in total. The first-order chi connectivity index (χ1) is 11.5. The maximum absolute atomic E-state index is 12.0. The van der Waals surface area contributed by atoms with Crippen LogP contribution in [0.1, 0.15) is 36.5 Å². The van der Waals surface area contributed by atoms with Crippen molar-refractivity contribution in [3.05, 3.63) is 35.1 Å². The Kier molecular flexibility index (Phi) is 4.60. The summed E-state index contributed by atoms with van der Waals surface area (Å²) in [6, 6.07) is 4.11.